The van der Waals surface area contributed by atoms with Crippen molar-refractivity contribution < 1.29 is 9.59 Å². The summed E-state index contributed by atoms with van der Waals surface area (Å²) < 4.78 is 0. The summed E-state index contributed by atoms with van der Waals surface area (Å²) in [5.74, 6) is 0.0521. The van der Waals surface area contributed by atoms with E-state index in [-0.39, 0.29) is 17.7 Å². The second-order valence-corrected chi connectivity index (χ2v) is 7.18. The number of carbonyl (C=O) groups excluding carboxylic acids is 2. The third-order valence-corrected chi connectivity index (χ3v) is 5.26. The SMILES string of the molecule is Cc1ccc(NC(=O)C2CCN(C(=O)Cc3ccccc3)CC2)cc1Cl. The summed E-state index contributed by atoms with van der Waals surface area (Å²) in [5.41, 5.74) is 2.72. The molecule has 136 valence electrons. The molecule has 0 bridgehead atoms. The minimum Gasteiger partial charge on any atom is -0.342 e. The maximum absolute atomic E-state index is 12.5. The summed E-state index contributed by atoms with van der Waals surface area (Å²) in [7, 11) is 0. The molecule has 1 fully saturated rings. The van der Waals surface area contributed by atoms with Gasteiger partial charge in [-0.05, 0) is 43.0 Å². The van der Waals surface area contributed by atoms with Crippen LogP contribution < -0.4 is 5.32 Å². The van der Waals surface area contributed by atoms with Crippen LogP contribution >= 0.6 is 11.6 Å². The first kappa shape index (κ1) is 18.5. The molecule has 2 aromatic rings. The fourth-order valence-corrected chi connectivity index (χ4v) is 3.37. The highest BCUT2D eigenvalue weighted by Gasteiger charge is 2.27. The van der Waals surface area contributed by atoms with E-state index in [0.717, 1.165) is 11.1 Å². The molecule has 0 saturated carbocycles. The number of carbonyl (C=O) groups is 2. The zero-order chi connectivity index (χ0) is 18.5. The van der Waals surface area contributed by atoms with Crippen LogP contribution in [0.25, 0.3) is 0 Å². The molecular formula is C21H23ClN2O2. The molecule has 0 unspecified atom stereocenters. The van der Waals surface area contributed by atoms with Gasteiger partial charge in [0.1, 0.15) is 0 Å². The van der Waals surface area contributed by atoms with Crippen molar-refractivity contribution >= 4 is 29.1 Å². The van der Waals surface area contributed by atoms with E-state index in [4.69, 9.17) is 11.6 Å². The van der Waals surface area contributed by atoms with E-state index in [1.807, 2.05) is 54.3 Å². The van der Waals surface area contributed by atoms with Gasteiger partial charge in [-0.1, -0.05) is 48.0 Å². The van der Waals surface area contributed by atoms with Crippen LogP contribution in [0.2, 0.25) is 5.02 Å². The quantitative estimate of drug-likeness (QED) is 0.882. The topological polar surface area (TPSA) is 49.4 Å². The molecule has 0 aromatic heterocycles. The van der Waals surface area contributed by atoms with E-state index >= 15 is 0 Å². The number of halogens is 1. The van der Waals surface area contributed by atoms with Crippen molar-refractivity contribution in [3.63, 3.8) is 0 Å². The van der Waals surface area contributed by atoms with Crippen LogP contribution in [0, 0.1) is 12.8 Å². The number of likely N-dealkylation sites (tertiary alicyclic amines) is 1. The largest absolute Gasteiger partial charge is 0.342 e. The number of hydrogen-bond donors (Lipinski definition) is 1. The standard InChI is InChI=1S/C21H23ClN2O2/c1-15-7-8-18(14-19(15)22)23-21(26)17-9-11-24(12-10-17)20(25)13-16-5-3-2-4-6-16/h2-8,14,17H,9-13H2,1H3,(H,23,26). The molecule has 1 aliphatic heterocycles. The van der Waals surface area contributed by atoms with E-state index in [2.05, 4.69) is 5.32 Å². The number of hydrogen-bond acceptors (Lipinski definition) is 2. The van der Waals surface area contributed by atoms with Crippen LogP contribution in [-0.4, -0.2) is 29.8 Å². The Kier molecular flexibility index (Phi) is 5.94. The summed E-state index contributed by atoms with van der Waals surface area (Å²) in [6, 6.07) is 15.3. The highest BCUT2D eigenvalue weighted by molar-refractivity contribution is 6.31. The lowest BCUT2D eigenvalue weighted by molar-refractivity contribution is -0.133. The van der Waals surface area contributed by atoms with Gasteiger partial charge in [-0.2, -0.15) is 0 Å². The van der Waals surface area contributed by atoms with Gasteiger partial charge in [-0.3, -0.25) is 9.59 Å². The molecule has 0 atom stereocenters. The Morgan fingerprint density at radius 1 is 1.12 bits per heavy atom. The van der Waals surface area contributed by atoms with Crippen molar-refractivity contribution in [3.05, 3.63) is 64.7 Å². The summed E-state index contributed by atoms with van der Waals surface area (Å²) in [6.45, 7) is 3.17. The molecule has 1 N–H and O–H groups in total. The minimum absolute atomic E-state index is 0.0000723. The van der Waals surface area contributed by atoms with Crippen molar-refractivity contribution in [2.45, 2.75) is 26.2 Å². The van der Waals surface area contributed by atoms with Gasteiger partial charge in [0.2, 0.25) is 11.8 Å². The van der Waals surface area contributed by atoms with Crippen molar-refractivity contribution in [1.82, 2.24) is 4.90 Å². The van der Waals surface area contributed by atoms with Crippen LogP contribution in [0.4, 0.5) is 5.69 Å². The Hall–Kier alpha value is -2.33. The van der Waals surface area contributed by atoms with E-state index in [0.29, 0.717) is 43.1 Å². The molecule has 1 saturated heterocycles. The van der Waals surface area contributed by atoms with Crippen LogP contribution in [0.15, 0.2) is 48.5 Å². The predicted molar refractivity (Wildman–Crippen MR) is 104 cm³/mol. The van der Waals surface area contributed by atoms with Gasteiger partial charge in [0.05, 0.1) is 6.42 Å². The lowest BCUT2D eigenvalue weighted by atomic mass is 9.95. The van der Waals surface area contributed by atoms with Crippen molar-refractivity contribution in [3.8, 4) is 0 Å². The molecular weight excluding hydrogens is 348 g/mol. The van der Waals surface area contributed by atoms with E-state index < -0.39 is 0 Å². The highest BCUT2D eigenvalue weighted by Crippen LogP contribution is 2.23. The van der Waals surface area contributed by atoms with E-state index in [1.165, 1.54) is 0 Å². The number of nitrogens with zero attached hydrogens (tertiary/aromatic N) is 1. The van der Waals surface area contributed by atoms with Gasteiger partial charge >= 0.3 is 0 Å². The van der Waals surface area contributed by atoms with Gasteiger partial charge < -0.3 is 10.2 Å². The molecule has 1 heterocycles. The van der Waals surface area contributed by atoms with Gasteiger partial charge in [-0.15, -0.1) is 0 Å². The maximum Gasteiger partial charge on any atom is 0.227 e. The maximum atomic E-state index is 12.5. The van der Waals surface area contributed by atoms with E-state index in [9.17, 15) is 9.59 Å². The van der Waals surface area contributed by atoms with Gasteiger partial charge in [-0.25, -0.2) is 0 Å². The number of amides is 2. The second-order valence-electron chi connectivity index (χ2n) is 6.77. The first-order valence-electron chi connectivity index (χ1n) is 8.91. The fraction of sp³-hybridized carbons (Fsp3) is 0.333. The zero-order valence-electron chi connectivity index (χ0n) is 14.9. The summed E-state index contributed by atoms with van der Waals surface area (Å²) in [6.07, 6.45) is 1.79. The number of rotatable bonds is 4. The first-order valence-corrected chi connectivity index (χ1v) is 9.29. The molecule has 0 spiro atoms. The number of nitrogens with one attached hydrogen (secondary N) is 1. The smallest absolute Gasteiger partial charge is 0.227 e. The molecule has 26 heavy (non-hydrogen) atoms. The van der Waals surface area contributed by atoms with Crippen molar-refractivity contribution in [2.24, 2.45) is 5.92 Å². The summed E-state index contributed by atoms with van der Waals surface area (Å²) >= 11 is 6.11. The summed E-state index contributed by atoms with van der Waals surface area (Å²) in [5, 5.41) is 3.58. The fourth-order valence-electron chi connectivity index (χ4n) is 3.19. The van der Waals surface area contributed by atoms with Crippen LogP contribution in [0.3, 0.4) is 0 Å². The molecule has 0 aliphatic carbocycles. The predicted octanol–water partition coefficient (Wildman–Crippen LogP) is 4.07. The molecule has 5 heteroatoms. The van der Waals surface area contributed by atoms with Crippen LogP contribution in [0.5, 0.6) is 0 Å². The van der Waals surface area contributed by atoms with Crippen LogP contribution in [-0.2, 0) is 16.0 Å². The Bertz CT molecular complexity index is 784. The molecule has 4 nitrogen and oxygen atoms in total. The summed E-state index contributed by atoms with van der Waals surface area (Å²) in [4.78, 5) is 26.7. The lowest BCUT2D eigenvalue weighted by Crippen LogP contribution is -2.42. The number of benzene rings is 2. The van der Waals surface area contributed by atoms with Crippen LogP contribution in [0.1, 0.15) is 24.0 Å². The Labute approximate surface area is 159 Å². The third-order valence-electron chi connectivity index (χ3n) is 4.86. The highest BCUT2D eigenvalue weighted by atomic mass is 35.5. The van der Waals surface area contributed by atoms with Crippen molar-refractivity contribution in [1.29, 1.82) is 0 Å². The number of anilines is 1. The Morgan fingerprint density at radius 2 is 1.81 bits per heavy atom. The molecule has 2 aromatic carbocycles. The van der Waals surface area contributed by atoms with Gasteiger partial charge in [0.25, 0.3) is 0 Å². The Morgan fingerprint density at radius 3 is 2.46 bits per heavy atom. The average molecular weight is 371 g/mol. The third kappa shape index (κ3) is 4.64. The normalized spacial score (nSPS) is 14.9. The number of aryl methyl sites for hydroxylation is 1. The van der Waals surface area contributed by atoms with Gasteiger partial charge in [0.15, 0.2) is 0 Å². The molecule has 1 aliphatic rings. The number of piperidine rings is 1. The second kappa shape index (κ2) is 8.37. The minimum atomic E-state index is -0.0733. The molecule has 3 rings (SSSR count). The Balaban J connectivity index is 1.50. The zero-order valence-corrected chi connectivity index (χ0v) is 15.6. The van der Waals surface area contributed by atoms with Crippen molar-refractivity contribution in [2.75, 3.05) is 18.4 Å². The lowest BCUT2D eigenvalue weighted by Gasteiger charge is -2.31. The molecule has 0 radical (unpaired) electrons. The van der Waals surface area contributed by atoms with E-state index in [1.54, 1.807) is 6.07 Å². The monoisotopic (exact) mass is 370 g/mol. The van der Waals surface area contributed by atoms with Gasteiger partial charge in [0, 0.05) is 29.7 Å². The molecule has 2 amide bonds. The average Bonchev–Trinajstić information content (AvgIpc) is 2.65. The first-order chi connectivity index (χ1) is 12.5.